The van der Waals surface area contributed by atoms with Crippen molar-refractivity contribution >= 4 is 5.97 Å². The minimum Gasteiger partial charge on any atom is -0.379 e. The average Bonchev–Trinajstić information content (AvgIpc) is 2.22. The van der Waals surface area contributed by atoms with Crippen molar-refractivity contribution in [1.29, 1.82) is 0 Å². The van der Waals surface area contributed by atoms with Gasteiger partial charge >= 0.3 is 5.97 Å². The fourth-order valence-electron chi connectivity index (χ4n) is 0.697. The highest BCUT2D eigenvalue weighted by atomic mass is 19.3. The van der Waals surface area contributed by atoms with Crippen LogP contribution in [0.3, 0.4) is 0 Å². The van der Waals surface area contributed by atoms with E-state index in [0.717, 1.165) is 0 Å². The average molecular weight is 226 g/mol. The lowest BCUT2D eigenvalue weighted by molar-refractivity contribution is -0.400. The number of halogens is 1. The summed E-state index contributed by atoms with van der Waals surface area (Å²) in [5, 5.41) is 2.65. The number of carbonyl (C=O) groups excluding carboxylic acids is 1. The summed E-state index contributed by atoms with van der Waals surface area (Å²) in [7, 11) is 0. The van der Waals surface area contributed by atoms with Gasteiger partial charge in [0.25, 0.3) is 0 Å². The van der Waals surface area contributed by atoms with Gasteiger partial charge < -0.3 is 14.2 Å². The van der Waals surface area contributed by atoms with Crippen LogP contribution in [0.1, 0.15) is 6.92 Å². The first-order chi connectivity index (χ1) is 7.31. The van der Waals surface area contributed by atoms with Gasteiger partial charge in [-0.1, -0.05) is 0 Å². The highest BCUT2D eigenvalue weighted by Crippen LogP contribution is 1.85. The number of hydrogen-bond acceptors (Lipinski definition) is 6. The zero-order valence-electron chi connectivity index (χ0n) is 8.57. The van der Waals surface area contributed by atoms with E-state index in [1.807, 2.05) is 6.92 Å². The zero-order valence-corrected chi connectivity index (χ0v) is 8.57. The second kappa shape index (κ2) is 11.3. The van der Waals surface area contributed by atoms with Crippen LogP contribution in [-0.4, -0.2) is 45.6 Å². The molecule has 15 heavy (non-hydrogen) atoms. The molecule has 0 bridgehead atoms. The smallest absolute Gasteiger partial charge is 0.371 e. The third-order valence-corrected chi connectivity index (χ3v) is 1.29. The summed E-state index contributed by atoms with van der Waals surface area (Å²) < 4.78 is 25.8. The first-order valence-electron chi connectivity index (χ1n) is 4.52. The topological polar surface area (TPSA) is 63.2 Å². The fourth-order valence-corrected chi connectivity index (χ4v) is 0.697. The van der Waals surface area contributed by atoms with Crippen LogP contribution in [0.5, 0.6) is 0 Å². The predicted octanol–water partition coefficient (Wildman–Crippen LogP) is 0.415. The summed E-state index contributed by atoms with van der Waals surface area (Å²) in [5.41, 5.74) is 0. The summed E-state index contributed by atoms with van der Waals surface area (Å²) in [5.74, 6) is -0.938. The molecule has 0 rings (SSSR count). The van der Waals surface area contributed by atoms with E-state index in [0.29, 0.717) is 26.4 Å². The monoisotopic (exact) mass is 226 g/mol. The molecule has 0 aromatic carbocycles. The first kappa shape index (κ1) is 14.2. The van der Waals surface area contributed by atoms with E-state index >= 15 is 0 Å². The molecule has 0 radical (unpaired) electrons. The summed E-state index contributed by atoms with van der Waals surface area (Å²) in [6, 6.07) is 0. The number of rotatable bonds is 10. The van der Waals surface area contributed by atoms with Crippen molar-refractivity contribution in [2.45, 2.75) is 6.92 Å². The zero-order chi connectivity index (χ0) is 11.4. The van der Waals surface area contributed by atoms with Crippen LogP contribution in [0.2, 0.25) is 0 Å². The highest BCUT2D eigenvalue weighted by molar-refractivity contribution is 5.69. The molecule has 0 aliphatic carbocycles. The second-order valence-corrected chi connectivity index (χ2v) is 2.38. The van der Waals surface area contributed by atoms with Gasteiger partial charge in [-0.15, -0.1) is 0 Å². The Morgan fingerprint density at radius 2 is 1.67 bits per heavy atom. The molecule has 0 aliphatic heterocycles. The maximum Gasteiger partial charge on any atom is 0.371 e. The van der Waals surface area contributed by atoms with Crippen LogP contribution in [0.4, 0.5) is 4.53 Å². The lowest BCUT2D eigenvalue weighted by atomic mass is 10.7. The van der Waals surface area contributed by atoms with Gasteiger partial charge in [0.15, 0.2) is 0 Å². The molecule has 0 N–H and O–H groups in total. The van der Waals surface area contributed by atoms with Gasteiger partial charge in [-0.3, -0.25) is 4.89 Å². The van der Waals surface area contributed by atoms with E-state index in [1.54, 1.807) is 0 Å². The van der Waals surface area contributed by atoms with E-state index in [4.69, 9.17) is 14.2 Å². The molecule has 0 amide bonds. The first-order valence-corrected chi connectivity index (χ1v) is 4.52. The van der Waals surface area contributed by atoms with Gasteiger partial charge in [-0.05, 0) is 11.4 Å². The number of carbonyl (C=O) groups is 1. The van der Waals surface area contributed by atoms with E-state index in [9.17, 15) is 9.32 Å². The molecule has 0 aromatic heterocycles. The van der Waals surface area contributed by atoms with Crippen molar-refractivity contribution in [2.24, 2.45) is 0 Å². The molecule has 0 aromatic rings. The van der Waals surface area contributed by atoms with Crippen LogP contribution in [0.25, 0.3) is 0 Å². The minimum atomic E-state index is -0.938. The molecule has 90 valence electrons. The van der Waals surface area contributed by atoms with Crippen molar-refractivity contribution in [3.63, 3.8) is 0 Å². The largest absolute Gasteiger partial charge is 0.379 e. The molecule has 0 fully saturated rings. The highest BCUT2D eigenvalue weighted by Gasteiger charge is 2.03. The molecule has 0 saturated heterocycles. The lowest BCUT2D eigenvalue weighted by Gasteiger charge is -2.04. The SMILES string of the molecule is CCOCCOCCOCC(=O)OOF. The molecule has 0 saturated carbocycles. The maximum atomic E-state index is 11.0. The maximum absolute atomic E-state index is 11.0. The Balaban J connectivity index is 3.01. The van der Waals surface area contributed by atoms with Gasteiger partial charge in [0.05, 0.1) is 26.4 Å². The molecule has 6 nitrogen and oxygen atoms in total. The van der Waals surface area contributed by atoms with Crippen LogP contribution < -0.4 is 0 Å². The van der Waals surface area contributed by atoms with Gasteiger partial charge in [0.1, 0.15) is 6.61 Å². The summed E-state index contributed by atoms with van der Waals surface area (Å²) in [6.07, 6.45) is 0. The van der Waals surface area contributed by atoms with Gasteiger partial charge in [0, 0.05) is 11.7 Å². The summed E-state index contributed by atoms with van der Waals surface area (Å²) in [6.45, 7) is 3.70. The van der Waals surface area contributed by atoms with Crippen LogP contribution in [-0.2, 0) is 29.0 Å². The Bertz CT molecular complexity index is 154. The molecule has 0 heterocycles. The molecular weight excluding hydrogens is 211 g/mol. The molecular formula is C8H15FO6. The minimum absolute atomic E-state index is 0.216. The molecule has 7 heteroatoms. The van der Waals surface area contributed by atoms with Crippen LogP contribution in [0.15, 0.2) is 0 Å². The normalized spacial score (nSPS) is 10.3. The van der Waals surface area contributed by atoms with E-state index in [-0.39, 0.29) is 13.2 Å². The quantitative estimate of drug-likeness (QED) is 0.305. The standard InChI is InChI=1S/C8H15FO6/c1-2-11-3-4-12-5-6-13-7-8(10)14-15-9/h2-7H2,1H3. The van der Waals surface area contributed by atoms with Crippen molar-refractivity contribution in [2.75, 3.05) is 39.6 Å². The Kier molecular flexibility index (Phi) is 10.7. The molecule has 0 atom stereocenters. The molecule has 0 unspecified atom stereocenters. The Labute approximate surface area is 87.0 Å². The van der Waals surface area contributed by atoms with Crippen molar-refractivity contribution in [3.8, 4) is 0 Å². The van der Waals surface area contributed by atoms with Gasteiger partial charge in [0.2, 0.25) is 0 Å². The van der Waals surface area contributed by atoms with Gasteiger partial charge in [-0.2, -0.15) is 0 Å². The summed E-state index contributed by atoms with van der Waals surface area (Å²) >= 11 is 0. The second-order valence-electron chi connectivity index (χ2n) is 2.38. The lowest BCUT2D eigenvalue weighted by Crippen LogP contribution is -2.15. The number of hydrogen-bond donors (Lipinski definition) is 0. The summed E-state index contributed by atoms with van der Waals surface area (Å²) in [4.78, 5) is 14.0. The third-order valence-electron chi connectivity index (χ3n) is 1.29. The molecule has 0 aliphatic rings. The van der Waals surface area contributed by atoms with Gasteiger partial charge in [-0.25, -0.2) is 4.79 Å². The predicted molar refractivity (Wildman–Crippen MR) is 46.4 cm³/mol. The van der Waals surface area contributed by atoms with Crippen LogP contribution in [0, 0.1) is 0 Å². The van der Waals surface area contributed by atoms with Crippen molar-refractivity contribution < 1.29 is 33.5 Å². The number of ether oxygens (including phenoxy) is 3. The Hall–Kier alpha value is -0.760. The Morgan fingerprint density at radius 1 is 1.07 bits per heavy atom. The third kappa shape index (κ3) is 11.2. The van der Waals surface area contributed by atoms with E-state index in [1.165, 1.54) is 0 Å². The van der Waals surface area contributed by atoms with E-state index in [2.05, 4.69) is 9.98 Å². The van der Waals surface area contributed by atoms with E-state index < -0.39 is 5.97 Å². The molecule has 0 spiro atoms. The Morgan fingerprint density at radius 3 is 2.27 bits per heavy atom. The fraction of sp³-hybridized carbons (Fsp3) is 0.875. The van der Waals surface area contributed by atoms with Crippen LogP contribution >= 0.6 is 0 Å². The van der Waals surface area contributed by atoms with Crippen molar-refractivity contribution in [3.05, 3.63) is 0 Å². The van der Waals surface area contributed by atoms with Crippen molar-refractivity contribution in [1.82, 2.24) is 0 Å².